The minimum atomic E-state index is 0.470. The molecule has 0 bridgehead atoms. The van der Waals surface area contributed by atoms with E-state index in [9.17, 15) is 0 Å². The van der Waals surface area contributed by atoms with Crippen molar-refractivity contribution in [2.24, 2.45) is 0 Å². The van der Waals surface area contributed by atoms with Crippen LogP contribution >= 0.6 is 0 Å². The van der Waals surface area contributed by atoms with Gasteiger partial charge in [-0.15, -0.1) is 0 Å². The zero-order valence-electron chi connectivity index (χ0n) is 10.6. The maximum absolute atomic E-state index is 5.31. The normalized spacial score (nSPS) is 20.5. The SMILES string of the molecule is COc1ccc2[nH]c3c(c2c1)CCN(C)[C@@H]3C. The first-order valence-corrected chi connectivity index (χ1v) is 6.09. The van der Waals surface area contributed by atoms with Gasteiger partial charge in [0.05, 0.1) is 7.11 Å². The predicted octanol–water partition coefficient (Wildman–Crippen LogP) is 2.73. The maximum atomic E-state index is 5.31. The molecule has 1 aromatic heterocycles. The van der Waals surface area contributed by atoms with Crippen molar-refractivity contribution in [1.82, 2.24) is 9.88 Å². The molecule has 2 aromatic rings. The fourth-order valence-electron chi connectivity index (χ4n) is 2.70. The van der Waals surface area contributed by atoms with Crippen LogP contribution in [0.3, 0.4) is 0 Å². The van der Waals surface area contributed by atoms with E-state index in [1.54, 1.807) is 7.11 Å². The highest BCUT2D eigenvalue weighted by atomic mass is 16.5. The Hall–Kier alpha value is -1.48. The van der Waals surface area contributed by atoms with E-state index in [0.717, 1.165) is 18.7 Å². The van der Waals surface area contributed by atoms with Gasteiger partial charge in [-0.05, 0) is 44.2 Å². The Labute approximate surface area is 101 Å². The van der Waals surface area contributed by atoms with Crippen LogP contribution in [0.5, 0.6) is 5.75 Å². The average molecular weight is 230 g/mol. The van der Waals surface area contributed by atoms with Gasteiger partial charge in [-0.1, -0.05) is 0 Å². The number of likely N-dealkylation sites (N-methyl/N-ethyl adjacent to an activating group) is 1. The first kappa shape index (κ1) is 10.7. The van der Waals surface area contributed by atoms with Crippen LogP contribution in [0, 0.1) is 0 Å². The fraction of sp³-hybridized carbons (Fsp3) is 0.429. The molecule has 0 saturated carbocycles. The molecule has 0 amide bonds. The van der Waals surface area contributed by atoms with Crippen LogP contribution in [0.2, 0.25) is 0 Å². The minimum Gasteiger partial charge on any atom is -0.497 e. The monoisotopic (exact) mass is 230 g/mol. The third-order valence-electron chi connectivity index (χ3n) is 3.94. The number of H-pyrrole nitrogens is 1. The van der Waals surface area contributed by atoms with Gasteiger partial charge in [0, 0.05) is 29.2 Å². The van der Waals surface area contributed by atoms with E-state index in [2.05, 4.69) is 36.0 Å². The van der Waals surface area contributed by atoms with Crippen molar-refractivity contribution in [2.45, 2.75) is 19.4 Å². The lowest BCUT2D eigenvalue weighted by Crippen LogP contribution is -2.30. The summed E-state index contributed by atoms with van der Waals surface area (Å²) in [7, 11) is 3.90. The summed E-state index contributed by atoms with van der Waals surface area (Å²) in [5.74, 6) is 0.936. The van der Waals surface area contributed by atoms with Crippen LogP contribution in [0.25, 0.3) is 10.9 Å². The summed E-state index contributed by atoms with van der Waals surface area (Å²) in [6, 6.07) is 6.73. The number of aromatic amines is 1. The second-order valence-corrected chi connectivity index (χ2v) is 4.84. The molecular weight excluding hydrogens is 212 g/mol. The molecule has 0 saturated heterocycles. The number of aromatic nitrogens is 1. The fourth-order valence-corrected chi connectivity index (χ4v) is 2.70. The summed E-state index contributed by atoms with van der Waals surface area (Å²) in [5, 5.41) is 1.32. The number of ether oxygens (including phenoxy) is 1. The summed E-state index contributed by atoms with van der Waals surface area (Å²) in [6.45, 7) is 3.38. The van der Waals surface area contributed by atoms with E-state index in [-0.39, 0.29) is 0 Å². The summed E-state index contributed by atoms with van der Waals surface area (Å²) in [5.41, 5.74) is 4.05. The van der Waals surface area contributed by atoms with Gasteiger partial charge in [0.25, 0.3) is 0 Å². The Kier molecular flexibility index (Phi) is 2.37. The third kappa shape index (κ3) is 1.53. The van der Waals surface area contributed by atoms with Crippen LogP contribution in [-0.4, -0.2) is 30.6 Å². The van der Waals surface area contributed by atoms with E-state index >= 15 is 0 Å². The van der Waals surface area contributed by atoms with E-state index in [1.807, 2.05) is 6.07 Å². The molecular formula is C14H18N2O. The van der Waals surface area contributed by atoms with Crippen LogP contribution in [0.1, 0.15) is 24.2 Å². The Morgan fingerprint density at radius 1 is 1.41 bits per heavy atom. The van der Waals surface area contributed by atoms with Gasteiger partial charge >= 0.3 is 0 Å². The number of fused-ring (bicyclic) bond motifs is 3. The van der Waals surface area contributed by atoms with E-state index in [0.29, 0.717) is 6.04 Å². The Balaban J connectivity index is 2.21. The molecule has 0 aliphatic carbocycles. The van der Waals surface area contributed by atoms with Gasteiger partial charge < -0.3 is 9.72 Å². The molecule has 1 N–H and O–H groups in total. The number of benzene rings is 1. The minimum absolute atomic E-state index is 0.470. The second-order valence-electron chi connectivity index (χ2n) is 4.84. The topological polar surface area (TPSA) is 28.3 Å². The van der Waals surface area contributed by atoms with Gasteiger partial charge in [-0.2, -0.15) is 0 Å². The lowest BCUT2D eigenvalue weighted by atomic mass is 9.99. The van der Waals surface area contributed by atoms with Crippen LogP contribution in [-0.2, 0) is 6.42 Å². The summed E-state index contributed by atoms with van der Waals surface area (Å²) >= 11 is 0. The average Bonchev–Trinajstić information content (AvgIpc) is 2.72. The number of hydrogen-bond donors (Lipinski definition) is 1. The standard InChI is InChI=1S/C14H18N2O/c1-9-14-11(6-7-16(9)2)12-8-10(17-3)4-5-13(12)15-14/h4-5,8-9,15H,6-7H2,1-3H3/t9-/m1/s1. The molecule has 1 aliphatic rings. The Bertz CT molecular complexity index is 559. The molecule has 1 atom stereocenters. The largest absolute Gasteiger partial charge is 0.497 e. The quantitative estimate of drug-likeness (QED) is 0.816. The van der Waals surface area contributed by atoms with E-state index in [1.165, 1.54) is 22.2 Å². The summed E-state index contributed by atoms with van der Waals surface area (Å²) < 4.78 is 5.31. The van der Waals surface area contributed by atoms with Crippen molar-refractivity contribution >= 4 is 10.9 Å². The lowest BCUT2D eigenvalue weighted by molar-refractivity contribution is 0.244. The van der Waals surface area contributed by atoms with Gasteiger partial charge in [-0.25, -0.2) is 0 Å². The molecule has 2 heterocycles. The molecule has 0 unspecified atom stereocenters. The van der Waals surface area contributed by atoms with E-state index in [4.69, 9.17) is 4.74 Å². The second kappa shape index (κ2) is 3.77. The van der Waals surface area contributed by atoms with Crippen molar-refractivity contribution < 1.29 is 4.74 Å². The number of rotatable bonds is 1. The van der Waals surface area contributed by atoms with Crippen molar-refractivity contribution in [1.29, 1.82) is 0 Å². The summed E-state index contributed by atoms with van der Waals surface area (Å²) in [4.78, 5) is 5.93. The van der Waals surface area contributed by atoms with Gasteiger partial charge in [0.1, 0.15) is 5.75 Å². The van der Waals surface area contributed by atoms with Crippen LogP contribution in [0.4, 0.5) is 0 Å². The van der Waals surface area contributed by atoms with Crippen LogP contribution < -0.4 is 4.74 Å². The number of hydrogen-bond acceptors (Lipinski definition) is 2. The van der Waals surface area contributed by atoms with Crippen molar-refractivity contribution in [3.63, 3.8) is 0 Å². The molecule has 0 fully saturated rings. The number of nitrogens with zero attached hydrogens (tertiary/aromatic N) is 1. The zero-order chi connectivity index (χ0) is 12.0. The molecule has 1 aromatic carbocycles. The van der Waals surface area contributed by atoms with Crippen molar-refractivity contribution in [3.8, 4) is 5.75 Å². The maximum Gasteiger partial charge on any atom is 0.119 e. The smallest absolute Gasteiger partial charge is 0.119 e. The number of nitrogens with one attached hydrogen (secondary N) is 1. The molecule has 0 spiro atoms. The van der Waals surface area contributed by atoms with Gasteiger partial charge in [0.2, 0.25) is 0 Å². The first-order valence-electron chi connectivity index (χ1n) is 6.09. The van der Waals surface area contributed by atoms with E-state index < -0.39 is 0 Å². The highest BCUT2D eigenvalue weighted by molar-refractivity contribution is 5.86. The molecule has 17 heavy (non-hydrogen) atoms. The van der Waals surface area contributed by atoms with Crippen molar-refractivity contribution in [3.05, 3.63) is 29.5 Å². The molecule has 3 nitrogen and oxygen atoms in total. The highest BCUT2D eigenvalue weighted by Gasteiger charge is 2.24. The molecule has 1 aliphatic heterocycles. The first-order chi connectivity index (χ1) is 8.20. The number of methoxy groups -OCH3 is 1. The van der Waals surface area contributed by atoms with Gasteiger partial charge in [-0.3, -0.25) is 4.90 Å². The Morgan fingerprint density at radius 3 is 3.00 bits per heavy atom. The lowest BCUT2D eigenvalue weighted by Gasteiger charge is -2.29. The van der Waals surface area contributed by atoms with Crippen molar-refractivity contribution in [2.75, 3.05) is 20.7 Å². The summed E-state index contributed by atoms with van der Waals surface area (Å²) in [6.07, 6.45) is 1.11. The molecule has 3 heteroatoms. The molecule has 90 valence electrons. The van der Waals surface area contributed by atoms with Gasteiger partial charge in [0.15, 0.2) is 0 Å². The third-order valence-corrected chi connectivity index (χ3v) is 3.94. The predicted molar refractivity (Wildman–Crippen MR) is 69.6 cm³/mol. The highest BCUT2D eigenvalue weighted by Crippen LogP contribution is 2.34. The molecule has 0 radical (unpaired) electrons. The molecule has 3 rings (SSSR count). The zero-order valence-corrected chi connectivity index (χ0v) is 10.6. The Morgan fingerprint density at radius 2 is 2.24 bits per heavy atom. The van der Waals surface area contributed by atoms with Crippen LogP contribution in [0.15, 0.2) is 18.2 Å².